The molecule has 1 aromatic heterocycles. The van der Waals surface area contributed by atoms with Crippen LogP contribution in [0.3, 0.4) is 0 Å². The summed E-state index contributed by atoms with van der Waals surface area (Å²) < 4.78 is 0. The van der Waals surface area contributed by atoms with Crippen LogP contribution in [-0.2, 0) is 13.0 Å². The van der Waals surface area contributed by atoms with E-state index < -0.39 is 0 Å². The molecule has 0 saturated heterocycles. The Morgan fingerprint density at radius 3 is 2.40 bits per heavy atom. The maximum Gasteiger partial charge on any atom is 0.254 e. The quantitative estimate of drug-likeness (QED) is 0.659. The van der Waals surface area contributed by atoms with Gasteiger partial charge in [-0.05, 0) is 47.7 Å². The van der Waals surface area contributed by atoms with Crippen LogP contribution in [0.4, 0.5) is 0 Å². The lowest BCUT2D eigenvalue weighted by molar-refractivity contribution is 0.0747. The highest BCUT2D eigenvalue weighted by Crippen LogP contribution is 2.16. The summed E-state index contributed by atoms with van der Waals surface area (Å²) in [5.41, 5.74) is 2.39. The Balaban J connectivity index is 1.76. The Labute approximate surface area is 151 Å². The third-order valence-electron chi connectivity index (χ3n) is 3.99. The second kappa shape index (κ2) is 8.27. The fourth-order valence-corrected chi connectivity index (χ4v) is 3.34. The van der Waals surface area contributed by atoms with E-state index >= 15 is 0 Å². The third kappa shape index (κ3) is 4.56. The van der Waals surface area contributed by atoms with E-state index in [1.165, 1.54) is 5.56 Å². The summed E-state index contributed by atoms with van der Waals surface area (Å²) in [5, 5.41) is 10.9. The van der Waals surface area contributed by atoms with E-state index in [0.29, 0.717) is 24.2 Å². The summed E-state index contributed by atoms with van der Waals surface area (Å²) >= 11 is 1.65. The van der Waals surface area contributed by atoms with Crippen molar-refractivity contribution in [3.05, 3.63) is 93.7 Å². The van der Waals surface area contributed by atoms with Gasteiger partial charge in [-0.15, -0.1) is 11.3 Å². The summed E-state index contributed by atoms with van der Waals surface area (Å²) in [5.74, 6) is -0.00572. The van der Waals surface area contributed by atoms with E-state index in [9.17, 15) is 4.79 Å². The van der Waals surface area contributed by atoms with Crippen LogP contribution in [0.5, 0.6) is 0 Å². The average Bonchev–Trinajstić information content (AvgIpc) is 3.18. The topological polar surface area (TPSA) is 44.1 Å². The van der Waals surface area contributed by atoms with E-state index in [1.807, 2.05) is 40.6 Å². The Morgan fingerprint density at radius 1 is 1.00 bits per heavy atom. The zero-order valence-corrected chi connectivity index (χ0v) is 14.6. The zero-order valence-electron chi connectivity index (χ0n) is 13.8. The van der Waals surface area contributed by atoms with Gasteiger partial charge in [0.05, 0.1) is 18.2 Å². The van der Waals surface area contributed by atoms with Crippen molar-refractivity contribution in [2.75, 3.05) is 6.54 Å². The van der Waals surface area contributed by atoms with Crippen LogP contribution in [0, 0.1) is 11.3 Å². The zero-order chi connectivity index (χ0) is 17.5. The number of nitriles is 1. The summed E-state index contributed by atoms with van der Waals surface area (Å²) in [6.07, 6.45) is 0.814. The lowest BCUT2D eigenvalue weighted by Crippen LogP contribution is -2.32. The molecule has 25 heavy (non-hydrogen) atoms. The molecule has 0 atom stereocenters. The first kappa shape index (κ1) is 16.9. The van der Waals surface area contributed by atoms with Gasteiger partial charge < -0.3 is 4.90 Å². The molecule has 0 bridgehead atoms. The van der Waals surface area contributed by atoms with Gasteiger partial charge in [-0.25, -0.2) is 0 Å². The molecule has 124 valence electrons. The molecule has 0 radical (unpaired) electrons. The highest BCUT2D eigenvalue weighted by molar-refractivity contribution is 7.09. The van der Waals surface area contributed by atoms with Crippen molar-refractivity contribution < 1.29 is 4.79 Å². The number of carbonyl (C=O) groups is 1. The van der Waals surface area contributed by atoms with Crippen molar-refractivity contribution >= 4 is 17.2 Å². The van der Waals surface area contributed by atoms with E-state index in [-0.39, 0.29) is 5.91 Å². The first-order valence-electron chi connectivity index (χ1n) is 8.12. The highest BCUT2D eigenvalue weighted by atomic mass is 32.1. The van der Waals surface area contributed by atoms with E-state index in [0.717, 1.165) is 11.3 Å². The fraction of sp³-hybridized carbons (Fsp3) is 0.143. The van der Waals surface area contributed by atoms with Crippen LogP contribution in [0.1, 0.15) is 26.4 Å². The molecule has 0 spiro atoms. The van der Waals surface area contributed by atoms with Crippen LogP contribution < -0.4 is 0 Å². The number of benzene rings is 2. The van der Waals surface area contributed by atoms with Gasteiger partial charge in [0.25, 0.3) is 5.91 Å². The monoisotopic (exact) mass is 346 g/mol. The van der Waals surface area contributed by atoms with Crippen molar-refractivity contribution in [1.29, 1.82) is 5.26 Å². The van der Waals surface area contributed by atoms with Crippen molar-refractivity contribution in [1.82, 2.24) is 4.90 Å². The number of hydrogen-bond donors (Lipinski definition) is 0. The lowest BCUT2D eigenvalue weighted by atomic mass is 10.1. The van der Waals surface area contributed by atoms with Gasteiger partial charge in [-0.2, -0.15) is 5.26 Å². The predicted molar refractivity (Wildman–Crippen MR) is 100 cm³/mol. The fourth-order valence-electron chi connectivity index (χ4n) is 2.62. The predicted octanol–water partition coefficient (Wildman–Crippen LogP) is 4.50. The SMILES string of the molecule is N#Cc1ccc(C(=O)N(CCc2ccccc2)Cc2cccs2)cc1. The van der Waals surface area contributed by atoms with E-state index in [4.69, 9.17) is 5.26 Å². The minimum atomic E-state index is -0.00572. The molecule has 0 saturated carbocycles. The number of carbonyl (C=O) groups excluding carboxylic acids is 1. The molecule has 3 rings (SSSR count). The number of nitrogens with zero attached hydrogens (tertiary/aromatic N) is 2. The molecule has 1 heterocycles. The van der Waals surface area contributed by atoms with Gasteiger partial charge in [-0.1, -0.05) is 36.4 Å². The Hall–Kier alpha value is -2.90. The van der Waals surface area contributed by atoms with Gasteiger partial charge in [-0.3, -0.25) is 4.79 Å². The highest BCUT2D eigenvalue weighted by Gasteiger charge is 2.16. The lowest BCUT2D eigenvalue weighted by Gasteiger charge is -2.22. The summed E-state index contributed by atoms with van der Waals surface area (Å²) in [7, 11) is 0. The van der Waals surface area contributed by atoms with Crippen molar-refractivity contribution in [2.45, 2.75) is 13.0 Å². The molecular formula is C21H18N2OS. The van der Waals surface area contributed by atoms with Crippen molar-refractivity contribution in [2.24, 2.45) is 0 Å². The summed E-state index contributed by atoms with van der Waals surface area (Å²) in [6.45, 7) is 1.25. The molecule has 3 nitrogen and oxygen atoms in total. The van der Waals surface area contributed by atoms with Crippen LogP contribution >= 0.6 is 11.3 Å². The Kier molecular flexibility index (Phi) is 5.61. The molecule has 0 aliphatic heterocycles. The first-order valence-corrected chi connectivity index (χ1v) is 9.00. The third-order valence-corrected chi connectivity index (χ3v) is 4.85. The molecule has 3 aromatic rings. The van der Waals surface area contributed by atoms with Gasteiger partial charge >= 0.3 is 0 Å². The molecule has 0 N–H and O–H groups in total. The van der Waals surface area contributed by atoms with Gasteiger partial charge in [0, 0.05) is 17.0 Å². The van der Waals surface area contributed by atoms with Gasteiger partial charge in [0.1, 0.15) is 0 Å². The van der Waals surface area contributed by atoms with Gasteiger partial charge in [0.15, 0.2) is 0 Å². The number of hydrogen-bond acceptors (Lipinski definition) is 3. The average molecular weight is 346 g/mol. The normalized spacial score (nSPS) is 10.2. The first-order chi connectivity index (χ1) is 12.3. The van der Waals surface area contributed by atoms with E-state index in [2.05, 4.69) is 18.2 Å². The molecule has 0 aliphatic rings. The van der Waals surface area contributed by atoms with Crippen LogP contribution in [0.15, 0.2) is 72.1 Å². The molecule has 0 aliphatic carbocycles. The van der Waals surface area contributed by atoms with E-state index in [1.54, 1.807) is 35.6 Å². The van der Waals surface area contributed by atoms with Crippen molar-refractivity contribution in [3.63, 3.8) is 0 Å². The van der Waals surface area contributed by atoms with Crippen LogP contribution in [0.2, 0.25) is 0 Å². The molecule has 0 fully saturated rings. The largest absolute Gasteiger partial charge is 0.333 e. The standard InChI is InChI=1S/C21H18N2OS/c22-15-18-8-10-19(11-9-18)21(24)23(16-20-7-4-14-25-20)13-12-17-5-2-1-3-6-17/h1-11,14H,12-13,16H2. The second-order valence-corrected chi connectivity index (χ2v) is 6.76. The van der Waals surface area contributed by atoms with Crippen LogP contribution in [-0.4, -0.2) is 17.4 Å². The summed E-state index contributed by atoms with van der Waals surface area (Å²) in [4.78, 5) is 16.0. The second-order valence-electron chi connectivity index (χ2n) is 5.73. The van der Waals surface area contributed by atoms with Crippen LogP contribution in [0.25, 0.3) is 0 Å². The maximum absolute atomic E-state index is 12.9. The summed E-state index contributed by atoms with van der Waals surface area (Å²) in [6, 6.07) is 23.1. The smallest absolute Gasteiger partial charge is 0.254 e. The minimum absolute atomic E-state index is 0.00572. The van der Waals surface area contributed by atoms with Gasteiger partial charge in [0.2, 0.25) is 0 Å². The number of thiophene rings is 1. The molecular weight excluding hydrogens is 328 g/mol. The number of amides is 1. The Morgan fingerprint density at radius 2 is 1.76 bits per heavy atom. The molecule has 0 unspecified atom stereocenters. The molecule has 1 amide bonds. The number of rotatable bonds is 6. The maximum atomic E-state index is 12.9. The molecule has 4 heteroatoms. The Bertz CT molecular complexity index is 849. The minimum Gasteiger partial charge on any atom is -0.333 e. The molecule has 2 aromatic carbocycles. The van der Waals surface area contributed by atoms with Crippen molar-refractivity contribution in [3.8, 4) is 6.07 Å².